The Balaban J connectivity index is 1.32. The molecule has 6 aromatic rings. The van der Waals surface area contributed by atoms with Crippen LogP contribution in [0, 0.1) is 6.92 Å². The number of nitrogens with zero attached hydrogens (tertiary/aromatic N) is 9. The maximum absolute atomic E-state index is 14.3. The number of benzene rings is 2. The van der Waals surface area contributed by atoms with E-state index in [4.69, 9.17) is 4.42 Å². The van der Waals surface area contributed by atoms with E-state index in [9.17, 15) is 4.79 Å². The lowest BCUT2D eigenvalue weighted by molar-refractivity contribution is 0.377. The van der Waals surface area contributed by atoms with Gasteiger partial charge in [-0.15, -0.1) is 20.4 Å². The van der Waals surface area contributed by atoms with Crippen molar-refractivity contribution in [2.75, 3.05) is 0 Å². The maximum atomic E-state index is 14.3. The van der Waals surface area contributed by atoms with Crippen LogP contribution in [-0.2, 0) is 12.8 Å². The molecule has 44 heavy (non-hydrogen) atoms. The minimum Gasteiger partial charge on any atom is -0.425 e. The van der Waals surface area contributed by atoms with Gasteiger partial charge in [-0.3, -0.25) is 9.36 Å². The SMILES string of the molecule is CCCc1c(Cc2ccc(-c3ccccc3-c3nn[nH]n3)cc2)c(=O)n([C@@H](C)CC[C@H](CC)c2nnc(C)o2)c2ncnn12. The van der Waals surface area contributed by atoms with Gasteiger partial charge in [0.05, 0.1) is 5.69 Å². The van der Waals surface area contributed by atoms with Gasteiger partial charge >= 0.3 is 0 Å². The molecule has 0 radical (unpaired) electrons. The molecular formula is C32H36N10O2. The first-order chi connectivity index (χ1) is 21.5. The molecule has 0 fully saturated rings. The molecule has 0 aliphatic carbocycles. The van der Waals surface area contributed by atoms with Gasteiger partial charge in [-0.25, -0.2) is 4.52 Å². The molecule has 0 bridgehead atoms. The van der Waals surface area contributed by atoms with Crippen LogP contribution in [0.2, 0.25) is 0 Å². The van der Waals surface area contributed by atoms with E-state index >= 15 is 0 Å². The van der Waals surface area contributed by atoms with Crippen LogP contribution in [0.1, 0.15) is 87.0 Å². The van der Waals surface area contributed by atoms with Crippen LogP contribution in [-0.4, -0.2) is 50.0 Å². The Morgan fingerprint density at radius 3 is 2.45 bits per heavy atom. The zero-order valence-electron chi connectivity index (χ0n) is 25.4. The first-order valence-electron chi connectivity index (χ1n) is 15.2. The number of hydrogen-bond acceptors (Lipinski definition) is 9. The highest BCUT2D eigenvalue weighted by Gasteiger charge is 2.24. The van der Waals surface area contributed by atoms with Gasteiger partial charge in [0, 0.05) is 36.4 Å². The number of hydrogen-bond donors (Lipinski definition) is 1. The highest BCUT2D eigenvalue weighted by molar-refractivity contribution is 5.80. The van der Waals surface area contributed by atoms with Crippen molar-refractivity contribution in [3.8, 4) is 22.5 Å². The molecule has 0 spiro atoms. The number of aryl methyl sites for hydroxylation is 2. The molecule has 0 aliphatic rings. The van der Waals surface area contributed by atoms with E-state index in [0.29, 0.717) is 29.8 Å². The van der Waals surface area contributed by atoms with E-state index in [1.165, 1.54) is 6.33 Å². The Hall–Kier alpha value is -5.00. The standard InChI is InChI=1S/C32H36N10O2/c1-5-9-28-27(18-22-13-16-24(17-14-22)25-10-7-8-11-26(25)29-36-39-40-37-29)31(43)41(32-33-19-34-42(28)32)20(3)12-15-23(6-2)30-38-35-21(4)44-30/h7-8,10-11,13-14,16-17,19-20,23H,5-6,9,12,15,18H2,1-4H3,(H,36,37,39,40)/t20-,23-/m0/s1. The molecule has 226 valence electrons. The summed E-state index contributed by atoms with van der Waals surface area (Å²) in [7, 11) is 0. The predicted molar refractivity (Wildman–Crippen MR) is 165 cm³/mol. The second-order valence-electron chi connectivity index (χ2n) is 11.2. The van der Waals surface area contributed by atoms with Crippen molar-refractivity contribution in [2.45, 2.75) is 78.2 Å². The van der Waals surface area contributed by atoms with Crippen molar-refractivity contribution in [3.63, 3.8) is 0 Å². The zero-order valence-corrected chi connectivity index (χ0v) is 25.4. The fourth-order valence-electron chi connectivity index (χ4n) is 5.91. The van der Waals surface area contributed by atoms with Gasteiger partial charge < -0.3 is 4.42 Å². The predicted octanol–water partition coefficient (Wildman–Crippen LogP) is 5.51. The summed E-state index contributed by atoms with van der Waals surface area (Å²) in [5, 5.41) is 27.4. The summed E-state index contributed by atoms with van der Waals surface area (Å²) in [4.78, 5) is 18.8. The van der Waals surface area contributed by atoms with Gasteiger partial charge in [-0.2, -0.15) is 15.3 Å². The Labute approximate surface area is 254 Å². The van der Waals surface area contributed by atoms with Crippen molar-refractivity contribution < 1.29 is 4.42 Å². The maximum Gasteiger partial charge on any atom is 0.259 e. The van der Waals surface area contributed by atoms with Gasteiger partial charge in [-0.1, -0.05) is 68.8 Å². The quantitative estimate of drug-likeness (QED) is 0.194. The van der Waals surface area contributed by atoms with Crippen LogP contribution < -0.4 is 5.56 Å². The summed E-state index contributed by atoms with van der Waals surface area (Å²) in [6.45, 7) is 8.10. The lowest BCUT2D eigenvalue weighted by Gasteiger charge is -2.21. The number of H-pyrrole nitrogens is 1. The normalized spacial score (nSPS) is 13.0. The molecule has 0 aliphatic heterocycles. The smallest absolute Gasteiger partial charge is 0.259 e. The van der Waals surface area contributed by atoms with Crippen molar-refractivity contribution in [2.24, 2.45) is 0 Å². The second kappa shape index (κ2) is 12.7. The summed E-state index contributed by atoms with van der Waals surface area (Å²) in [6, 6.07) is 16.2. The largest absolute Gasteiger partial charge is 0.425 e. The lowest BCUT2D eigenvalue weighted by atomic mass is 9.96. The number of rotatable bonds is 12. The molecule has 2 aromatic carbocycles. The lowest BCUT2D eigenvalue weighted by Crippen LogP contribution is -2.31. The highest BCUT2D eigenvalue weighted by Crippen LogP contribution is 2.31. The van der Waals surface area contributed by atoms with Crippen LogP contribution in [0.4, 0.5) is 0 Å². The second-order valence-corrected chi connectivity index (χ2v) is 11.2. The van der Waals surface area contributed by atoms with Crippen molar-refractivity contribution in [3.05, 3.63) is 93.8 Å². The number of aromatic amines is 1. The number of nitrogens with one attached hydrogen (secondary N) is 1. The van der Waals surface area contributed by atoms with Crippen LogP contribution >= 0.6 is 0 Å². The number of fused-ring (bicyclic) bond motifs is 1. The molecule has 0 saturated heterocycles. The molecular weight excluding hydrogens is 556 g/mol. The fourth-order valence-corrected chi connectivity index (χ4v) is 5.91. The van der Waals surface area contributed by atoms with Crippen LogP contribution in [0.15, 0.2) is 64.1 Å². The molecule has 0 saturated carbocycles. The monoisotopic (exact) mass is 592 g/mol. The Morgan fingerprint density at radius 2 is 1.77 bits per heavy atom. The number of aromatic nitrogens is 10. The molecule has 0 amide bonds. The average molecular weight is 593 g/mol. The van der Waals surface area contributed by atoms with E-state index in [0.717, 1.165) is 65.6 Å². The summed E-state index contributed by atoms with van der Waals surface area (Å²) >= 11 is 0. The van der Waals surface area contributed by atoms with Crippen molar-refractivity contribution in [1.82, 2.24) is 50.0 Å². The average Bonchev–Trinajstić information content (AvgIpc) is 3.83. The molecule has 4 heterocycles. The summed E-state index contributed by atoms with van der Waals surface area (Å²) in [5.74, 6) is 2.46. The molecule has 0 unspecified atom stereocenters. The van der Waals surface area contributed by atoms with Gasteiger partial charge in [0.2, 0.25) is 23.4 Å². The van der Waals surface area contributed by atoms with Gasteiger partial charge in [-0.05, 0) is 54.5 Å². The zero-order chi connectivity index (χ0) is 30.6. The van der Waals surface area contributed by atoms with Gasteiger partial charge in [0.15, 0.2) is 0 Å². The Bertz CT molecular complexity index is 1900. The van der Waals surface area contributed by atoms with E-state index < -0.39 is 0 Å². The summed E-state index contributed by atoms with van der Waals surface area (Å²) in [6.07, 6.45) is 6.07. The minimum absolute atomic E-state index is 0.0188. The number of tetrazole rings is 1. The molecule has 2 atom stereocenters. The molecule has 4 aromatic heterocycles. The van der Waals surface area contributed by atoms with Crippen molar-refractivity contribution in [1.29, 1.82) is 0 Å². The molecule has 1 N–H and O–H groups in total. The van der Waals surface area contributed by atoms with E-state index in [2.05, 4.69) is 85.9 Å². The first kappa shape index (κ1) is 29.1. The summed E-state index contributed by atoms with van der Waals surface area (Å²) in [5.41, 5.74) is 5.61. The van der Waals surface area contributed by atoms with Crippen LogP contribution in [0.5, 0.6) is 0 Å². The molecule has 6 rings (SSSR count). The van der Waals surface area contributed by atoms with Crippen molar-refractivity contribution >= 4 is 5.78 Å². The van der Waals surface area contributed by atoms with E-state index in [1.54, 1.807) is 6.92 Å². The van der Waals surface area contributed by atoms with Gasteiger partial charge in [0.1, 0.15) is 6.33 Å². The third kappa shape index (κ3) is 5.67. The van der Waals surface area contributed by atoms with Gasteiger partial charge in [0.25, 0.3) is 5.56 Å². The molecule has 12 heteroatoms. The summed E-state index contributed by atoms with van der Waals surface area (Å²) < 4.78 is 9.38. The van der Waals surface area contributed by atoms with Crippen LogP contribution in [0.3, 0.4) is 0 Å². The first-order valence-corrected chi connectivity index (χ1v) is 15.2. The van der Waals surface area contributed by atoms with Crippen LogP contribution in [0.25, 0.3) is 28.3 Å². The van der Waals surface area contributed by atoms with E-state index in [-0.39, 0.29) is 17.5 Å². The third-order valence-electron chi connectivity index (χ3n) is 8.23. The Kier molecular flexibility index (Phi) is 8.40. The van der Waals surface area contributed by atoms with E-state index in [1.807, 2.05) is 33.3 Å². The topological polar surface area (TPSA) is 146 Å². The Morgan fingerprint density at radius 1 is 0.977 bits per heavy atom. The molecule has 12 nitrogen and oxygen atoms in total. The minimum atomic E-state index is -0.106. The third-order valence-corrected chi connectivity index (χ3v) is 8.23. The highest BCUT2D eigenvalue weighted by atomic mass is 16.4. The fraction of sp³-hybridized carbons (Fsp3) is 0.375.